The fourth-order valence-electron chi connectivity index (χ4n) is 2.39. The first-order valence-corrected chi connectivity index (χ1v) is 6.44. The first-order valence-electron chi connectivity index (χ1n) is 6.44. The largest absolute Gasteiger partial charge is 0.387 e. The van der Waals surface area contributed by atoms with Gasteiger partial charge in [0.05, 0.1) is 19.4 Å². The molecule has 2 rings (SSSR count). The standard InChI is InChI=1S/C14H21N3O2/c1-11(13(18)12-7-5-4-6-8-12)17-9-15(2)14(19)16(3)10-17/h4-8,11,13,18H,9-10H2,1-3H3/t11-,13?/m0/s1. The van der Waals surface area contributed by atoms with Gasteiger partial charge in [-0.1, -0.05) is 30.3 Å². The highest BCUT2D eigenvalue weighted by atomic mass is 16.3. The van der Waals surface area contributed by atoms with Crippen LogP contribution in [0.25, 0.3) is 0 Å². The molecule has 1 N–H and O–H groups in total. The normalized spacial score (nSPS) is 20.5. The first kappa shape index (κ1) is 13.8. The molecule has 104 valence electrons. The Hall–Kier alpha value is -1.59. The molecule has 1 saturated heterocycles. The summed E-state index contributed by atoms with van der Waals surface area (Å²) in [6.45, 7) is 3.05. The number of rotatable bonds is 3. The number of aliphatic hydroxyl groups excluding tert-OH is 1. The highest BCUT2D eigenvalue weighted by molar-refractivity contribution is 5.74. The molecule has 2 atom stereocenters. The predicted molar refractivity (Wildman–Crippen MR) is 73.4 cm³/mol. The highest BCUT2D eigenvalue weighted by Gasteiger charge is 2.31. The minimum Gasteiger partial charge on any atom is -0.387 e. The molecule has 1 heterocycles. The van der Waals surface area contributed by atoms with Crippen molar-refractivity contribution in [2.75, 3.05) is 27.4 Å². The molecular weight excluding hydrogens is 242 g/mol. The summed E-state index contributed by atoms with van der Waals surface area (Å²) in [4.78, 5) is 17.1. The van der Waals surface area contributed by atoms with E-state index in [1.807, 2.05) is 37.3 Å². The van der Waals surface area contributed by atoms with Crippen molar-refractivity contribution in [3.63, 3.8) is 0 Å². The van der Waals surface area contributed by atoms with Crippen molar-refractivity contribution in [3.05, 3.63) is 35.9 Å². The van der Waals surface area contributed by atoms with E-state index in [4.69, 9.17) is 0 Å². The van der Waals surface area contributed by atoms with Crippen LogP contribution >= 0.6 is 0 Å². The molecule has 1 unspecified atom stereocenters. The third-order valence-electron chi connectivity index (χ3n) is 3.61. The molecule has 0 spiro atoms. The van der Waals surface area contributed by atoms with E-state index in [1.165, 1.54) is 0 Å². The number of aliphatic hydroxyl groups is 1. The summed E-state index contributed by atoms with van der Waals surface area (Å²) in [5.41, 5.74) is 0.900. The van der Waals surface area contributed by atoms with Crippen LogP contribution in [-0.2, 0) is 0 Å². The molecule has 5 heteroatoms. The third-order valence-corrected chi connectivity index (χ3v) is 3.61. The lowest BCUT2D eigenvalue weighted by molar-refractivity contribution is -0.0147. The minimum absolute atomic E-state index is 0.0117. The molecule has 0 bridgehead atoms. The lowest BCUT2D eigenvalue weighted by Gasteiger charge is -2.42. The zero-order chi connectivity index (χ0) is 14.0. The van der Waals surface area contributed by atoms with Crippen molar-refractivity contribution in [2.24, 2.45) is 0 Å². The van der Waals surface area contributed by atoms with Crippen molar-refractivity contribution in [1.29, 1.82) is 0 Å². The number of amides is 2. The van der Waals surface area contributed by atoms with Crippen LogP contribution in [0.15, 0.2) is 30.3 Å². The van der Waals surface area contributed by atoms with E-state index in [1.54, 1.807) is 23.9 Å². The van der Waals surface area contributed by atoms with Crippen molar-refractivity contribution >= 4 is 6.03 Å². The van der Waals surface area contributed by atoms with E-state index in [9.17, 15) is 9.90 Å². The maximum absolute atomic E-state index is 11.7. The summed E-state index contributed by atoms with van der Waals surface area (Å²) in [6.07, 6.45) is -0.559. The Kier molecular flexibility index (Phi) is 4.07. The van der Waals surface area contributed by atoms with Gasteiger partial charge < -0.3 is 14.9 Å². The van der Waals surface area contributed by atoms with E-state index in [0.29, 0.717) is 13.3 Å². The third kappa shape index (κ3) is 2.88. The molecule has 0 aliphatic carbocycles. The van der Waals surface area contributed by atoms with E-state index in [2.05, 4.69) is 4.90 Å². The summed E-state index contributed by atoms with van der Waals surface area (Å²) in [6, 6.07) is 9.57. The maximum Gasteiger partial charge on any atom is 0.321 e. The quantitative estimate of drug-likeness (QED) is 0.894. The van der Waals surface area contributed by atoms with Crippen LogP contribution in [0.5, 0.6) is 0 Å². The Morgan fingerprint density at radius 3 is 2.16 bits per heavy atom. The molecule has 0 aromatic heterocycles. The van der Waals surface area contributed by atoms with Gasteiger partial charge in [-0.05, 0) is 12.5 Å². The van der Waals surface area contributed by atoms with Crippen molar-refractivity contribution in [2.45, 2.75) is 19.1 Å². The Labute approximate surface area is 114 Å². The predicted octanol–water partition coefficient (Wildman–Crippen LogP) is 1.32. The number of nitrogens with zero attached hydrogens (tertiary/aromatic N) is 3. The summed E-state index contributed by atoms with van der Waals surface area (Å²) >= 11 is 0. The molecule has 1 aromatic rings. The molecule has 1 aromatic carbocycles. The van der Waals surface area contributed by atoms with Crippen LogP contribution in [0, 0.1) is 0 Å². The van der Waals surface area contributed by atoms with E-state index >= 15 is 0 Å². The summed E-state index contributed by atoms with van der Waals surface area (Å²) in [5.74, 6) is 0. The second-order valence-corrected chi connectivity index (χ2v) is 5.15. The lowest BCUT2D eigenvalue weighted by atomic mass is 10.0. The van der Waals surface area contributed by atoms with Crippen LogP contribution < -0.4 is 0 Å². The molecular formula is C14H21N3O2. The Morgan fingerprint density at radius 2 is 1.63 bits per heavy atom. The van der Waals surface area contributed by atoms with Gasteiger partial charge in [0.2, 0.25) is 0 Å². The van der Waals surface area contributed by atoms with Gasteiger partial charge in [-0.2, -0.15) is 0 Å². The van der Waals surface area contributed by atoms with E-state index in [-0.39, 0.29) is 12.1 Å². The SMILES string of the molecule is C[C@@H](C(O)c1ccccc1)N1CN(C)C(=O)N(C)C1. The number of urea groups is 1. The number of hydrogen-bond donors (Lipinski definition) is 1. The zero-order valence-corrected chi connectivity index (χ0v) is 11.7. The second kappa shape index (κ2) is 5.59. The van der Waals surface area contributed by atoms with Crippen LogP contribution in [0.2, 0.25) is 0 Å². The lowest BCUT2D eigenvalue weighted by Crippen LogP contribution is -2.58. The van der Waals surface area contributed by atoms with Gasteiger partial charge in [0.15, 0.2) is 0 Å². The van der Waals surface area contributed by atoms with E-state index < -0.39 is 6.10 Å². The first-order chi connectivity index (χ1) is 9.00. The monoisotopic (exact) mass is 263 g/mol. The molecule has 5 nitrogen and oxygen atoms in total. The molecule has 1 aliphatic heterocycles. The average Bonchev–Trinajstić information content (AvgIpc) is 2.43. The highest BCUT2D eigenvalue weighted by Crippen LogP contribution is 2.22. The van der Waals surface area contributed by atoms with E-state index in [0.717, 1.165) is 5.56 Å². The number of carbonyl (C=O) groups is 1. The maximum atomic E-state index is 11.7. The van der Waals surface area contributed by atoms with Crippen LogP contribution in [0.1, 0.15) is 18.6 Å². The van der Waals surface area contributed by atoms with Crippen molar-refractivity contribution in [1.82, 2.24) is 14.7 Å². The van der Waals surface area contributed by atoms with Crippen LogP contribution in [0.4, 0.5) is 4.79 Å². The Bertz CT molecular complexity index is 424. The molecule has 0 saturated carbocycles. The van der Waals surface area contributed by atoms with Gasteiger partial charge in [0.1, 0.15) is 0 Å². The molecule has 1 fully saturated rings. The van der Waals surface area contributed by atoms with Gasteiger partial charge in [-0.3, -0.25) is 4.90 Å². The summed E-state index contributed by atoms with van der Waals surface area (Å²) in [5, 5.41) is 10.4. The average molecular weight is 263 g/mol. The molecule has 2 amide bonds. The van der Waals surface area contributed by atoms with Crippen molar-refractivity contribution in [3.8, 4) is 0 Å². The minimum atomic E-state index is -0.559. The van der Waals surface area contributed by atoms with Crippen LogP contribution in [-0.4, -0.2) is 59.3 Å². The van der Waals surface area contributed by atoms with Crippen LogP contribution in [0.3, 0.4) is 0 Å². The fraction of sp³-hybridized carbons (Fsp3) is 0.500. The summed E-state index contributed by atoms with van der Waals surface area (Å²) < 4.78 is 0. The van der Waals surface area contributed by atoms with Gasteiger partial charge in [-0.15, -0.1) is 0 Å². The zero-order valence-electron chi connectivity index (χ0n) is 11.7. The number of carbonyl (C=O) groups excluding carboxylic acids is 1. The van der Waals surface area contributed by atoms with Gasteiger partial charge >= 0.3 is 6.03 Å². The van der Waals surface area contributed by atoms with Gasteiger partial charge in [0, 0.05) is 20.1 Å². The number of benzene rings is 1. The molecule has 0 radical (unpaired) electrons. The summed E-state index contributed by atoms with van der Waals surface area (Å²) in [7, 11) is 3.54. The smallest absolute Gasteiger partial charge is 0.321 e. The molecule has 19 heavy (non-hydrogen) atoms. The topological polar surface area (TPSA) is 47.0 Å². The fourth-order valence-corrected chi connectivity index (χ4v) is 2.39. The molecule has 1 aliphatic rings. The van der Waals surface area contributed by atoms with Crippen molar-refractivity contribution < 1.29 is 9.90 Å². The Balaban J connectivity index is 2.07. The van der Waals surface area contributed by atoms with Gasteiger partial charge in [-0.25, -0.2) is 4.79 Å². The second-order valence-electron chi connectivity index (χ2n) is 5.15. The van der Waals surface area contributed by atoms with Gasteiger partial charge in [0.25, 0.3) is 0 Å². The number of hydrogen-bond acceptors (Lipinski definition) is 3. The Morgan fingerprint density at radius 1 is 1.11 bits per heavy atom.